The maximum absolute atomic E-state index is 12.8. The Morgan fingerprint density at radius 3 is 2.56 bits per heavy atom. The Morgan fingerprint density at radius 1 is 1.06 bits per heavy atom. The van der Waals surface area contributed by atoms with E-state index in [0.717, 1.165) is 44.7 Å². The van der Waals surface area contributed by atoms with Crippen LogP contribution in [0.15, 0.2) is 71.3 Å². The van der Waals surface area contributed by atoms with Crippen LogP contribution in [0, 0.1) is 5.92 Å². The summed E-state index contributed by atoms with van der Waals surface area (Å²) in [6.45, 7) is 3.99. The van der Waals surface area contributed by atoms with Crippen molar-refractivity contribution in [1.29, 1.82) is 0 Å². The smallest absolute Gasteiger partial charge is 0.258 e. The highest BCUT2D eigenvalue weighted by Crippen LogP contribution is 2.24. The Kier molecular flexibility index (Phi) is 7.79. The Morgan fingerprint density at radius 2 is 1.81 bits per heavy atom. The maximum atomic E-state index is 12.8. The molecule has 1 aromatic heterocycles. The molecule has 0 aliphatic carbocycles. The fourth-order valence-corrected chi connectivity index (χ4v) is 4.46. The fraction of sp³-hybridized carbons (Fsp3) is 0.280. The minimum absolute atomic E-state index is 0.189. The third-order valence-corrected chi connectivity index (χ3v) is 6.78. The molecule has 2 heterocycles. The number of nitrogens with zero attached hydrogens (tertiary/aromatic N) is 2. The van der Waals surface area contributed by atoms with E-state index in [1.54, 1.807) is 12.1 Å². The van der Waals surface area contributed by atoms with Gasteiger partial charge in [-0.1, -0.05) is 57.9 Å². The van der Waals surface area contributed by atoms with Gasteiger partial charge in [-0.25, -0.2) is 4.98 Å². The summed E-state index contributed by atoms with van der Waals surface area (Å²) in [6.07, 6.45) is 3.80. The number of para-hydroxylation sites is 1. The zero-order valence-electron chi connectivity index (χ0n) is 17.7. The molecule has 0 spiro atoms. The van der Waals surface area contributed by atoms with E-state index < -0.39 is 0 Å². The first-order valence-corrected chi connectivity index (χ1v) is 12.0. The molecular formula is C25H26BrClN4O. The van der Waals surface area contributed by atoms with Crippen molar-refractivity contribution in [1.82, 2.24) is 9.88 Å². The van der Waals surface area contributed by atoms with Gasteiger partial charge in [0.25, 0.3) is 5.91 Å². The van der Waals surface area contributed by atoms with Gasteiger partial charge in [-0.2, -0.15) is 0 Å². The number of amides is 1. The normalized spacial score (nSPS) is 14.8. The van der Waals surface area contributed by atoms with Gasteiger partial charge in [0.15, 0.2) is 0 Å². The minimum atomic E-state index is -0.189. The van der Waals surface area contributed by atoms with Gasteiger partial charge in [0, 0.05) is 29.4 Å². The zero-order chi connectivity index (χ0) is 22.3. The molecule has 5 nitrogen and oxygen atoms in total. The lowest BCUT2D eigenvalue weighted by atomic mass is 9.96. The van der Waals surface area contributed by atoms with Crippen LogP contribution in [0.3, 0.4) is 0 Å². The van der Waals surface area contributed by atoms with Crippen LogP contribution >= 0.6 is 27.5 Å². The number of halogens is 2. The van der Waals surface area contributed by atoms with Gasteiger partial charge in [-0.05, 0) is 67.7 Å². The molecule has 2 N–H and O–H groups in total. The quantitative estimate of drug-likeness (QED) is 0.402. The maximum Gasteiger partial charge on any atom is 0.258 e. The van der Waals surface area contributed by atoms with Gasteiger partial charge >= 0.3 is 0 Å². The van der Waals surface area contributed by atoms with E-state index >= 15 is 0 Å². The third kappa shape index (κ3) is 6.09. The number of carbonyl (C=O) groups excluding carboxylic acids is 1. The molecule has 1 aliphatic rings. The molecule has 1 fully saturated rings. The van der Waals surface area contributed by atoms with Crippen LogP contribution < -0.4 is 10.6 Å². The first-order chi connectivity index (χ1) is 15.6. The monoisotopic (exact) mass is 512 g/mol. The van der Waals surface area contributed by atoms with E-state index in [2.05, 4.69) is 60.7 Å². The standard InChI is InChI=1S/C25H26BrClN4O/c26-22-7-3-1-5-19(22)17-31-13-11-18(12-14-31)15-28-23-8-4-2-6-21(23)25(32)30-24-10-9-20(27)16-29-24/h1-10,16,18,28H,11-15,17H2,(H,29,30,32). The number of anilines is 2. The number of carbonyl (C=O) groups is 1. The molecule has 7 heteroatoms. The first kappa shape index (κ1) is 22.8. The molecule has 166 valence electrons. The number of pyridine rings is 1. The summed E-state index contributed by atoms with van der Waals surface area (Å²) in [7, 11) is 0. The van der Waals surface area contributed by atoms with Crippen molar-refractivity contribution in [2.75, 3.05) is 30.3 Å². The molecule has 2 aromatic carbocycles. The van der Waals surface area contributed by atoms with Gasteiger partial charge in [-0.3, -0.25) is 9.69 Å². The minimum Gasteiger partial charge on any atom is -0.384 e. The van der Waals surface area contributed by atoms with E-state index in [-0.39, 0.29) is 5.91 Å². The number of aromatic nitrogens is 1. The third-order valence-electron chi connectivity index (χ3n) is 5.78. The lowest BCUT2D eigenvalue weighted by molar-refractivity contribution is 0.102. The van der Waals surface area contributed by atoms with Crippen molar-refractivity contribution in [3.05, 3.63) is 87.5 Å². The van der Waals surface area contributed by atoms with E-state index in [1.807, 2.05) is 24.3 Å². The second-order valence-electron chi connectivity index (χ2n) is 8.05. The topological polar surface area (TPSA) is 57.3 Å². The molecule has 1 amide bonds. The van der Waals surface area contributed by atoms with Gasteiger partial charge in [0.2, 0.25) is 0 Å². The average molecular weight is 514 g/mol. The Bertz CT molecular complexity index is 1050. The SMILES string of the molecule is O=C(Nc1ccc(Cl)cn1)c1ccccc1NCC1CCN(Cc2ccccc2Br)CC1. The number of rotatable bonds is 7. The second kappa shape index (κ2) is 10.9. The van der Waals surface area contributed by atoms with Crippen molar-refractivity contribution in [3.63, 3.8) is 0 Å². The largest absolute Gasteiger partial charge is 0.384 e. The van der Waals surface area contributed by atoms with Crippen LogP contribution in [-0.4, -0.2) is 35.4 Å². The number of benzene rings is 2. The van der Waals surface area contributed by atoms with Crippen molar-refractivity contribution in [2.45, 2.75) is 19.4 Å². The molecule has 0 atom stereocenters. The van der Waals surface area contributed by atoms with Crippen LogP contribution in [0.4, 0.5) is 11.5 Å². The van der Waals surface area contributed by atoms with Crippen LogP contribution in [0.2, 0.25) is 5.02 Å². The summed E-state index contributed by atoms with van der Waals surface area (Å²) in [5.74, 6) is 0.873. The Labute approximate surface area is 202 Å². The number of likely N-dealkylation sites (tertiary alicyclic amines) is 1. The highest BCUT2D eigenvalue weighted by atomic mass is 79.9. The lowest BCUT2D eigenvalue weighted by Gasteiger charge is -2.32. The summed E-state index contributed by atoms with van der Waals surface area (Å²) in [5, 5.41) is 6.88. The van der Waals surface area contributed by atoms with Crippen LogP contribution in [0.5, 0.6) is 0 Å². The number of nitrogens with one attached hydrogen (secondary N) is 2. The summed E-state index contributed by atoms with van der Waals surface area (Å²) in [4.78, 5) is 19.4. The first-order valence-electron chi connectivity index (χ1n) is 10.8. The second-order valence-corrected chi connectivity index (χ2v) is 9.34. The Hall–Kier alpha value is -2.41. The molecule has 0 bridgehead atoms. The van der Waals surface area contributed by atoms with Gasteiger partial charge < -0.3 is 10.6 Å². The highest BCUT2D eigenvalue weighted by Gasteiger charge is 2.20. The predicted molar refractivity (Wildman–Crippen MR) is 134 cm³/mol. The number of piperidine rings is 1. The van der Waals surface area contributed by atoms with Crippen molar-refractivity contribution in [3.8, 4) is 0 Å². The van der Waals surface area contributed by atoms with Crippen LogP contribution in [-0.2, 0) is 6.54 Å². The van der Waals surface area contributed by atoms with Crippen LogP contribution in [0.25, 0.3) is 0 Å². The Balaban J connectivity index is 1.29. The molecule has 0 saturated carbocycles. The number of hydrogen-bond donors (Lipinski definition) is 2. The van der Waals surface area contributed by atoms with E-state index in [0.29, 0.717) is 22.3 Å². The van der Waals surface area contributed by atoms with Crippen molar-refractivity contribution in [2.24, 2.45) is 5.92 Å². The summed E-state index contributed by atoms with van der Waals surface area (Å²) >= 11 is 9.52. The summed E-state index contributed by atoms with van der Waals surface area (Å²) in [6, 6.07) is 19.4. The van der Waals surface area contributed by atoms with Crippen molar-refractivity contribution >= 4 is 44.9 Å². The summed E-state index contributed by atoms with van der Waals surface area (Å²) in [5.41, 5.74) is 2.78. The van der Waals surface area contributed by atoms with E-state index in [1.165, 1.54) is 16.2 Å². The fourth-order valence-electron chi connectivity index (χ4n) is 3.94. The van der Waals surface area contributed by atoms with Crippen molar-refractivity contribution < 1.29 is 4.79 Å². The zero-order valence-corrected chi connectivity index (χ0v) is 20.1. The predicted octanol–water partition coefficient (Wildman–Crippen LogP) is 6.07. The van der Waals surface area contributed by atoms with E-state index in [9.17, 15) is 4.79 Å². The molecule has 32 heavy (non-hydrogen) atoms. The molecule has 4 rings (SSSR count). The van der Waals surface area contributed by atoms with Crippen LogP contribution in [0.1, 0.15) is 28.8 Å². The molecular weight excluding hydrogens is 488 g/mol. The molecule has 1 saturated heterocycles. The molecule has 0 unspecified atom stereocenters. The number of hydrogen-bond acceptors (Lipinski definition) is 4. The van der Waals surface area contributed by atoms with E-state index in [4.69, 9.17) is 11.6 Å². The lowest BCUT2D eigenvalue weighted by Crippen LogP contribution is -2.35. The van der Waals surface area contributed by atoms with Gasteiger partial charge in [0.1, 0.15) is 5.82 Å². The van der Waals surface area contributed by atoms with Gasteiger partial charge in [-0.15, -0.1) is 0 Å². The highest BCUT2D eigenvalue weighted by molar-refractivity contribution is 9.10. The molecule has 0 radical (unpaired) electrons. The molecule has 3 aromatic rings. The van der Waals surface area contributed by atoms with Gasteiger partial charge in [0.05, 0.1) is 10.6 Å². The molecule has 1 aliphatic heterocycles. The average Bonchev–Trinajstić information content (AvgIpc) is 2.82. The summed E-state index contributed by atoms with van der Waals surface area (Å²) < 4.78 is 1.17.